The molecule has 1 aliphatic carbocycles. The van der Waals surface area contributed by atoms with Gasteiger partial charge < -0.3 is 19.7 Å². The van der Waals surface area contributed by atoms with Gasteiger partial charge in [0.2, 0.25) is 0 Å². The number of aryl methyl sites for hydroxylation is 1. The topological polar surface area (TPSA) is 85.3 Å². The van der Waals surface area contributed by atoms with Gasteiger partial charge in [-0.05, 0) is 44.7 Å². The lowest BCUT2D eigenvalue weighted by Crippen LogP contribution is -2.36. The first-order valence-electron chi connectivity index (χ1n) is 11.0. The lowest BCUT2D eigenvalue weighted by Gasteiger charge is -2.31. The first-order chi connectivity index (χ1) is 15.2. The smallest absolute Gasteiger partial charge is 0.132 e. The van der Waals surface area contributed by atoms with Crippen LogP contribution in [0.4, 0.5) is 11.5 Å². The zero-order chi connectivity index (χ0) is 21.0. The van der Waals surface area contributed by atoms with Crippen LogP contribution in [0, 0.1) is 6.92 Å². The van der Waals surface area contributed by atoms with Gasteiger partial charge >= 0.3 is 0 Å². The Balaban J connectivity index is 1.28. The fourth-order valence-corrected chi connectivity index (χ4v) is 4.39. The summed E-state index contributed by atoms with van der Waals surface area (Å²) in [5, 5.41) is 4.51. The van der Waals surface area contributed by atoms with Crippen molar-refractivity contribution in [2.24, 2.45) is 0 Å². The lowest BCUT2D eigenvalue weighted by molar-refractivity contribution is 0.122. The average Bonchev–Trinajstić information content (AvgIpc) is 2.81. The van der Waals surface area contributed by atoms with Crippen molar-refractivity contribution in [1.82, 2.24) is 19.9 Å². The molecule has 5 rings (SSSR count). The highest BCUT2D eigenvalue weighted by Crippen LogP contribution is 2.34. The van der Waals surface area contributed by atoms with Gasteiger partial charge in [-0.1, -0.05) is 0 Å². The molecule has 2 fully saturated rings. The van der Waals surface area contributed by atoms with E-state index in [1.807, 2.05) is 19.2 Å². The Morgan fingerprint density at radius 1 is 1.10 bits per heavy atom. The minimum Gasteiger partial charge on any atom is -0.490 e. The van der Waals surface area contributed by atoms with Crippen LogP contribution in [0.3, 0.4) is 0 Å². The Morgan fingerprint density at radius 2 is 1.94 bits per heavy atom. The predicted molar refractivity (Wildman–Crippen MR) is 120 cm³/mol. The van der Waals surface area contributed by atoms with Crippen LogP contribution in [0.2, 0.25) is 0 Å². The number of ether oxygens (including phenoxy) is 2. The molecule has 0 spiro atoms. The van der Waals surface area contributed by atoms with E-state index < -0.39 is 0 Å². The molecule has 162 valence electrons. The zero-order valence-corrected chi connectivity index (χ0v) is 17.8. The van der Waals surface area contributed by atoms with Gasteiger partial charge in [-0.2, -0.15) is 0 Å². The molecule has 1 saturated carbocycles. The van der Waals surface area contributed by atoms with Crippen LogP contribution in [-0.2, 0) is 4.74 Å². The molecule has 0 amide bonds. The van der Waals surface area contributed by atoms with E-state index >= 15 is 0 Å². The Hall–Kier alpha value is -3.00. The van der Waals surface area contributed by atoms with E-state index in [1.165, 1.54) is 0 Å². The van der Waals surface area contributed by atoms with Crippen molar-refractivity contribution in [2.75, 3.05) is 36.5 Å². The van der Waals surface area contributed by atoms with E-state index in [4.69, 9.17) is 9.47 Å². The van der Waals surface area contributed by atoms with Crippen LogP contribution in [-0.4, -0.2) is 58.4 Å². The summed E-state index contributed by atoms with van der Waals surface area (Å²) >= 11 is 0. The average molecular weight is 421 g/mol. The predicted octanol–water partition coefficient (Wildman–Crippen LogP) is 3.37. The monoisotopic (exact) mass is 420 g/mol. The van der Waals surface area contributed by atoms with Crippen molar-refractivity contribution >= 4 is 22.4 Å². The molecule has 1 N–H and O–H groups in total. The molecule has 31 heavy (non-hydrogen) atoms. The summed E-state index contributed by atoms with van der Waals surface area (Å²) in [6.07, 6.45) is 9.53. The molecule has 2 aliphatic rings. The SMILES string of the molecule is Cc1nccc(NC2CCC(Oc3cc(N4CCOCC4)cc4ncncc34)CC2)n1. The van der Waals surface area contributed by atoms with Gasteiger partial charge in [-0.3, -0.25) is 0 Å². The van der Waals surface area contributed by atoms with Crippen molar-refractivity contribution in [3.8, 4) is 5.75 Å². The van der Waals surface area contributed by atoms with Crippen LogP contribution in [0.15, 0.2) is 36.9 Å². The summed E-state index contributed by atoms with van der Waals surface area (Å²) in [4.78, 5) is 19.7. The minimum atomic E-state index is 0.188. The molecule has 0 atom stereocenters. The number of nitrogens with one attached hydrogen (secondary N) is 1. The summed E-state index contributed by atoms with van der Waals surface area (Å²) in [5.41, 5.74) is 2.06. The first-order valence-corrected chi connectivity index (χ1v) is 11.0. The first kappa shape index (κ1) is 19.9. The van der Waals surface area contributed by atoms with Crippen LogP contribution in [0.1, 0.15) is 31.5 Å². The van der Waals surface area contributed by atoms with Crippen LogP contribution in [0.5, 0.6) is 5.75 Å². The highest BCUT2D eigenvalue weighted by molar-refractivity contribution is 5.88. The summed E-state index contributed by atoms with van der Waals surface area (Å²) < 4.78 is 12.0. The molecule has 1 saturated heterocycles. The van der Waals surface area contributed by atoms with Gasteiger partial charge in [0.1, 0.15) is 23.7 Å². The van der Waals surface area contributed by atoms with E-state index in [9.17, 15) is 0 Å². The number of aromatic nitrogens is 4. The summed E-state index contributed by atoms with van der Waals surface area (Å²) in [6, 6.07) is 6.61. The number of rotatable bonds is 5. The van der Waals surface area contributed by atoms with Gasteiger partial charge in [-0.15, -0.1) is 0 Å². The summed E-state index contributed by atoms with van der Waals surface area (Å²) in [5.74, 6) is 2.57. The second-order valence-electron chi connectivity index (χ2n) is 8.22. The van der Waals surface area contributed by atoms with Crippen molar-refractivity contribution in [2.45, 2.75) is 44.8 Å². The fourth-order valence-electron chi connectivity index (χ4n) is 4.39. The maximum Gasteiger partial charge on any atom is 0.132 e. The quantitative estimate of drug-likeness (QED) is 0.673. The van der Waals surface area contributed by atoms with Crippen LogP contribution >= 0.6 is 0 Å². The van der Waals surface area contributed by atoms with Gasteiger partial charge in [0, 0.05) is 43.3 Å². The Labute approximate surface area is 182 Å². The standard InChI is InChI=1S/C23H28N6O2/c1-16-25-7-6-23(27-16)28-17-2-4-19(5-3-17)31-22-13-18(29-8-10-30-11-9-29)12-21-20(22)14-24-15-26-21/h6-7,12-15,17,19H,2-5,8-11H2,1H3,(H,25,27,28). The maximum atomic E-state index is 6.53. The Bertz CT molecular complexity index is 1030. The summed E-state index contributed by atoms with van der Waals surface area (Å²) in [7, 11) is 0. The van der Waals surface area contributed by atoms with Crippen molar-refractivity contribution < 1.29 is 9.47 Å². The normalized spacial score (nSPS) is 21.8. The zero-order valence-electron chi connectivity index (χ0n) is 17.8. The van der Waals surface area contributed by atoms with E-state index in [0.29, 0.717) is 6.04 Å². The van der Waals surface area contributed by atoms with E-state index in [0.717, 1.165) is 86.0 Å². The minimum absolute atomic E-state index is 0.188. The molecular weight excluding hydrogens is 392 g/mol. The maximum absolute atomic E-state index is 6.53. The largest absolute Gasteiger partial charge is 0.490 e. The van der Waals surface area contributed by atoms with Gasteiger partial charge in [0.15, 0.2) is 0 Å². The molecule has 0 bridgehead atoms. The molecule has 0 radical (unpaired) electrons. The van der Waals surface area contributed by atoms with Gasteiger partial charge in [0.25, 0.3) is 0 Å². The van der Waals surface area contributed by atoms with Crippen molar-refractivity contribution in [3.63, 3.8) is 0 Å². The molecule has 3 heterocycles. The molecule has 1 aliphatic heterocycles. The Morgan fingerprint density at radius 3 is 2.74 bits per heavy atom. The second-order valence-corrected chi connectivity index (χ2v) is 8.22. The highest BCUT2D eigenvalue weighted by Gasteiger charge is 2.24. The number of hydrogen-bond donors (Lipinski definition) is 1. The number of morpholine rings is 1. The van der Waals surface area contributed by atoms with Gasteiger partial charge in [0.05, 0.1) is 30.2 Å². The number of nitrogens with zero attached hydrogens (tertiary/aromatic N) is 5. The molecular formula is C23H28N6O2. The molecule has 8 nitrogen and oxygen atoms in total. The summed E-state index contributed by atoms with van der Waals surface area (Å²) in [6.45, 7) is 5.18. The Kier molecular flexibility index (Phi) is 5.80. The highest BCUT2D eigenvalue weighted by atomic mass is 16.5. The number of anilines is 2. The molecule has 1 aromatic carbocycles. The van der Waals surface area contributed by atoms with E-state index in [1.54, 1.807) is 12.5 Å². The molecule has 8 heteroatoms. The molecule has 2 aromatic heterocycles. The molecule has 0 unspecified atom stereocenters. The van der Waals surface area contributed by atoms with Gasteiger partial charge in [-0.25, -0.2) is 19.9 Å². The van der Waals surface area contributed by atoms with Crippen molar-refractivity contribution in [3.05, 3.63) is 42.7 Å². The van der Waals surface area contributed by atoms with E-state index in [-0.39, 0.29) is 6.10 Å². The lowest BCUT2D eigenvalue weighted by atomic mass is 9.93. The third-order valence-corrected chi connectivity index (χ3v) is 6.04. The number of benzene rings is 1. The fraction of sp³-hybridized carbons (Fsp3) is 0.478. The number of hydrogen-bond acceptors (Lipinski definition) is 8. The van der Waals surface area contributed by atoms with Crippen molar-refractivity contribution in [1.29, 1.82) is 0 Å². The second kappa shape index (κ2) is 9.01. The third kappa shape index (κ3) is 4.69. The van der Waals surface area contributed by atoms with Crippen LogP contribution in [0.25, 0.3) is 10.9 Å². The van der Waals surface area contributed by atoms with E-state index in [2.05, 4.69) is 42.3 Å². The van der Waals surface area contributed by atoms with Crippen LogP contribution < -0.4 is 15.0 Å². The molecule has 3 aromatic rings. The number of fused-ring (bicyclic) bond motifs is 1. The third-order valence-electron chi connectivity index (χ3n) is 6.04.